The zero-order valence-electron chi connectivity index (χ0n) is 9.83. The molecular weight excluding hydrogens is 298 g/mol. The van der Waals surface area contributed by atoms with Gasteiger partial charge in [-0.3, -0.25) is 0 Å². The van der Waals surface area contributed by atoms with E-state index in [1.807, 2.05) is 26.1 Å². The van der Waals surface area contributed by atoms with Crippen LogP contribution in [0.15, 0.2) is 27.6 Å². The molecule has 0 N–H and O–H groups in total. The molecule has 0 radical (unpaired) electrons. The number of hydrogen-bond donors (Lipinski definition) is 0. The van der Waals surface area contributed by atoms with E-state index in [0.29, 0.717) is 17.4 Å². The third-order valence-corrected chi connectivity index (χ3v) is 2.95. The fourth-order valence-corrected chi connectivity index (χ4v) is 2.06. The van der Waals surface area contributed by atoms with Crippen LogP contribution in [-0.4, -0.2) is 24.7 Å². The van der Waals surface area contributed by atoms with Gasteiger partial charge in [0.1, 0.15) is 6.33 Å². The number of halogens is 1. The first-order valence-electron chi connectivity index (χ1n) is 5.48. The minimum Gasteiger partial charge on any atom is -0.339 e. The lowest BCUT2D eigenvalue weighted by Crippen LogP contribution is -1.93. The molecule has 0 aliphatic carbocycles. The highest BCUT2D eigenvalue weighted by Gasteiger charge is 2.15. The molecule has 0 aromatic carbocycles. The van der Waals surface area contributed by atoms with E-state index < -0.39 is 0 Å². The second-order valence-corrected chi connectivity index (χ2v) is 5.13. The fraction of sp³-hybridized carbons (Fsp3) is 0.273. The smallest absolute Gasteiger partial charge is 0.229 e. The second-order valence-electron chi connectivity index (χ2n) is 4.21. The Morgan fingerprint density at radius 1 is 1.39 bits per heavy atom. The van der Waals surface area contributed by atoms with Gasteiger partial charge in [-0.2, -0.15) is 10.1 Å². The lowest BCUT2D eigenvalue weighted by atomic mass is 10.2. The molecule has 7 heteroatoms. The minimum absolute atomic E-state index is 0.201. The van der Waals surface area contributed by atoms with Crippen molar-refractivity contribution in [1.82, 2.24) is 24.7 Å². The highest BCUT2D eigenvalue weighted by atomic mass is 79.9. The molecule has 0 spiro atoms. The maximum absolute atomic E-state index is 5.21. The summed E-state index contributed by atoms with van der Waals surface area (Å²) in [7, 11) is 0. The van der Waals surface area contributed by atoms with E-state index in [2.05, 4.69) is 36.2 Å². The third kappa shape index (κ3) is 1.80. The van der Waals surface area contributed by atoms with E-state index in [0.717, 1.165) is 10.0 Å². The first kappa shape index (κ1) is 11.3. The minimum atomic E-state index is 0.201. The van der Waals surface area contributed by atoms with Crippen LogP contribution in [0.25, 0.3) is 17.0 Å². The lowest BCUT2D eigenvalue weighted by molar-refractivity contribution is 0.365. The first-order chi connectivity index (χ1) is 8.65. The normalized spacial score (nSPS) is 11.6. The van der Waals surface area contributed by atoms with Gasteiger partial charge in [-0.15, -0.1) is 0 Å². The molecule has 92 valence electrons. The van der Waals surface area contributed by atoms with Crippen molar-refractivity contribution in [3.8, 4) is 11.4 Å². The van der Waals surface area contributed by atoms with Crippen molar-refractivity contribution in [2.75, 3.05) is 0 Å². The van der Waals surface area contributed by atoms with Crippen molar-refractivity contribution >= 4 is 21.6 Å². The van der Waals surface area contributed by atoms with E-state index in [4.69, 9.17) is 4.52 Å². The summed E-state index contributed by atoms with van der Waals surface area (Å²) in [6.45, 7) is 4.01. The molecule has 0 aliphatic heterocycles. The summed E-state index contributed by atoms with van der Waals surface area (Å²) >= 11 is 3.43. The Bertz CT molecular complexity index is 702. The van der Waals surface area contributed by atoms with Crippen LogP contribution in [0.5, 0.6) is 0 Å². The predicted octanol–water partition coefficient (Wildman–Crippen LogP) is 2.67. The van der Waals surface area contributed by atoms with Crippen LogP contribution >= 0.6 is 15.9 Å². The maximum atomic E-state index is 5.21. The predicted molar refractivity (Wildman–Crippen MR) is 68.1 cm³/mol. The molecule has 3 aromatic heterocycles. The Morgan fingerprint density at radius 2 is 2.22 bits per heavy atom. The molecule has 0 aliphatic rings. The summed E-state index contributed by atoms with van der Waals surface area (Å²) in [6.07, 6.45) is 3.32. The van der Waals surface area contributed by atoms with Crippen molar-refractivity contribution < 1.29 is 4.52 Å². The number of hydrogen-bond acceptors (Lipinski definition) is 5. The lowest BCUT2D eigenvalue weighted by Gasteiger charge is -1.99. The molecule has 0 amide bonds. The number of pyridine rings is 1. The monoisotopic (exact) mass is 307 g/mol. The van der Waals surface area contributed by atoms with Gasteiger partial charge < -0.3 is 4.52 Å². The Hall–Kier alpha value is -1.76. The van der Waals surface area contributed by atoms with E-state index in [-0.39, 0.29) is 5.92 Å². The van der Waals surface area contributed by atoms with Crippen molar-refractivity contribution in [3.05, 3.63) is 29.0 Å². The van der Waals surface area contributed by atoms with Crippen molar-refractivity contribution in [3.63, 3.8) is 0 Å². The van der Waals surface area contributed by atoms with Gasteiger partial charge in [-0.05, 0) is 22.0 Å². The molecule has 3 heterocycles. The molecule has 0 unspecified atom stereocenters. The van der Waals surface area contributed by atoms with Gasteiger partial charge in [-0.1, -0.05) is 19.0 Å². The van der Waals surface area contributed by atoms with Crippen LogP contribution in [0.3, 0.4) is 0 Å². The zero-order valence-corrected chi connectivity index (χ0v) is 11.4. The number of aromatic nitrogens is 5. The van der Waals surface area contributed by atoms with Crippen LogP contribution in [0, 0.1) is 0 Å². The van der Waals surface area contributed by atoms with Crippen LogP contribution in [0.1, 0.15) is 25.7 Å². The molecule has 3 rings (SSSR count). The molecule has 18 heavy (non-hydrogen) atoms. The SMILES string of the molecule is CC(C)c1nc(-c2cc(Br)cn3ncnc23)no1. The topological polar surface area (TPSA) is 69.1 Å². The van der Waals surface area contributed by atoms with E-state index >= 15 is 0 Å². The van der Waals surface area contributed by atoms with E-state index in [1.54, 1.807) is 4.52 Å². The van der Waals surface area contributed by atoms with Gasteiger partial charge in [0.25, 0.3) is 0 Å². The molecule has 0 atom stereocenters. The maximum Gasteiger partial charge on any atom is 0.229 e. The van der Waals surface area contributed by atoms with E-state index in [9.17, 15) is 0 Å². The summed E-state index contributed by atoms with van der Waals surface area (Å²) in [4.78, 5) is 8.57. The summed E-state index contributed by atoms with van der Waals surface area (Å²) in [5.41, 5.74) is 1.49. The Balaban J connectivity index is 2.20. The largest absolute Gasteiger partial charge is 0.339 e. The van der Waals surface area contributed by atoms with Crippen molar-refractivity contribution in [1.29, 1.82) is 0 Å². The van der Waals surface area contributed by atoms with Crippen LogP contribution in [0.4, 0.5) is 0 Å². The van der Waals surface area contributed by atoms with Gasteiger partial charge in [-0.25, -0.2) is 9.50 Å². The van der Waals surface area contributed by atoms with Crippen LogP contribution in [0.2, 0.25) is 0 Å². The average molecular weight is 308 g/mol. The summed E-state index contributed by atoms with van der Waals surface area (Å²) in [5, 5.41) is 8.09. The first-order valence-corrected chi connectivity index (χ1v) is 6.27. The number of fused-ring (bicyclic) bond motifs is 1. The summed E-state index contributed by atoms with van der Waals surface area (Å²) < 4.78 is 7.76. The molecular formula is C11H10BrN5O. The van der Waals surface area contributed by atoms with Gasteiger partial charge in [0.05, 0.1) is 5.56 Å². The van der Waals surface area contributed by atoms with Gasteiger partial charge >= 0.3 is 0 Å². The van der Waals surface area contributed by atoms with Gasteiger partial charge in [0.15, 0.2) is 5.65 Å². The van der Waals surface area contributed by atoms with Gasteiger partial charge in [0, 0.05) is 16.6 Å². The Labute approximate surface area is 111 Å². The quantitative estimate of drug-likeness (QED) is 0.728. The average Bonchev–Trinajstić information content (AvgIpc) is 2.95. The molecule has 0 fully saturated rings. The standard InChI is InChI=1S/C11H10BrN5O/c1-6(2)11-15-9(16-18-11)8-3-7(12)4-17-10(8)13-5-14-17/h3-6H,1-2H3. The summed E-state index contributed by atoms with van der Waals surface area (Å²) in [6, 6.07) is 1.90. The fourth-order valence-electron chi connectivity index (χ4n) is 1.64. The Morgan fingerprint density at radius 3 is 2.94 bits per heavy atom. The third-order valence-electron chi connectivity index (χ3n) is 2.52. The van der Waals surface area contributed by atoms with Gasteiger partial charge in [0.2, 0.25) is 11.7 Å². The number of rotatable bonds is 2. The molecule has 0 saturated heterocycles. The highest BCUT2D eigenvalue weighted by molar-refractivity contribution is 9.10. The van der Waals surface area contributed by atoms with E-state index in [1.165, 1.54) is 6.33 Å². The Kier molecular flexibility index (Phi) is 2.62. The van der Waals surface area contributed by atoms with Crippen molar-refractivity contribution in [2.45, 2.75) is 19.8 Å². The van der Waals surface area contributed by atoms with Crippen LogP contribution < -0.4 is 0 Å². The van der Waals surface area contributed by atoms with Crippen molar-refractivity contribution in [2.24, 2.45) is 0 Å². The summed E-state index contributed by atoms with van der Waals surface area (Å²) in [5.74, 6) is 1.34. The highest BCUT2D eigenvalue weighted by Crippen LogP contribution is 2.25. The zero-order chi connectivity index (χ0) is 12.7. The molecule has 3 aromatic rings. The van der Waals surface area contributed by atoms with Crippen LogP contribution in [-0.2, 0) is 0 Å². The molecule has 0 bridgehead atoms. The molecule has 0 saturated carbocycles. The second kappa shape index (κ2) is 4.16. The molecule has 6 nitrogen and oxygen atoms in total. The number of nitrogens with zero attached hydrogens (tertiary/aromatic N) is 5.